The van der Waals surface area contributed by atoms with Gasteiger partial charge in [-0.2, -0.15) is 23.2 Å². The summed E-state index contributed by atoms with van der Waals surface area (Å²) in [6.45, 7) is 3.15. The molecule has 0 saturated carbocycles. The number of alkyl halides is 3. The van der Waals surface area contributed by atoms with Gasteiger partial charge in [0, 0.05) is 56.6 Å². The maximum absolute atomic E-state index is 13.2. The molecule has 3 aromatic rings. The molecule has 1 aromatic carbocycles. The highest BCUT2D eigenvalue weighted by Crippen LogP contribution is 2.34. The van der Waals surface area contributed by atoms with Crippen molar-refractivity contribution in [2.45, 2.75) is 19.0 Å². The Morgan fingerprint density at radius 3 is 2.42 bits per heavy atom. The van der Waals surface area contributed by atoms with E-state index in [9.17, 15) is 28.0 Å². The number of nitrogens with one attached hydrogen (secondary N) is 1. The molecule has 0 spiro atoms. The Labute approximate surface area is 232 Å². The van der Waals surface area contributed by atoms with Gasteiger partial charge in [-0.15, -0.1) is 0 Å². The van der Waals surface area contributed by atoms with Gasteiger partial charge in [0.1, 0.15) is 6.07 Å². The zero-order valence-corrected chi connectivity index (χ0v) is 21.9. The maximum atomic E-state index is 13.2. The molecule has 9 nitrogen and oxygen atoms in total. The molecule has 2 saturated heterocycles. The first-order valence-electron chi connectivity index (χ1n) is 12.6. The van der Waals surface area contributed by atoms with Crippen molar-refractivity contribution in [3.05, 3.63) is 58.7 Å². The molecule has 0 radical (unpaired) electrons. The van der Waals surface area contributed by atoms with E-state index in [1.54, 1.807) is 34.1 Å². The molecule has 1 N–H and O–H groups in total. The molecule has 0 aliphatic carbocycles. The molecule has 0 bridgehead atoms. The quantitative estimate of drug-likeness (QED) is 0.494. The number of aromatic nitrogens is 2. The van der Waals surface area contributed by atoms with Gasteiger partial charge in [0.15, 0.2) is 5.82 Å². The third-order valence-corrected chi connectivity index (χ3v) is 7.15. The Hall–Kier alpha value is -4.08. The first-order valence-corrected chi connectivity index (χ1v) is 13.0. The van der Waals surface area contributed by atoms with Crippen molar-refractivity contribution in [1.82, 2.24) is 19.9 Å². The second-order valence-corrected chi connectivity index (χ2v) is 9.82. The van der Waals surface area contributed by atoms with Crippen LogP contribution in [0.4, 0.5) is 19.0 Å². The highest BCUT2D eigenvalue weighted by molar-refractivity contribution is 6.34. The number of benzene rings is 1. The molecular weight excluding hydrogens is 549 g/mol. The van der Waals surface area contributed by atoms with E-state index in [1.807, 2.05) is 6.07 Å². The average molecular weight is 573 g/mol. The van der Waals surface area contributed by atoms with Gasteiger partial charge >= 0.3 is 12.1 Å². The summed E-state index contributed by atoms with van der Waals surface area (Å²) in [4.78, 5) is 37.6. The van der Waals surface area contributed by atoms with Crippen LogP contribution in [0, 0.1) is 11.3 Å². The topological polar surface area (TPSA) is 103 Å². The van der Waals surface area contributed by atoms with E-state index in [0.717, 1.165) is 17.6 Å². The number of amides is 1. The highest BCUT2D eigenvalue weighted by atomic mass is 35.5. The molecule has 0 unspecified atom stereocenters. The number of anilines is 1. The minimum absolute atomic E-state index is 0.0511. The Bertz CT molecular complexity index is 1490. The van der Waals surface area contributed by atoms with Gasteiger partial charge in [0.2, 0.25) is 0 Å². The van der Waals surface area contributed by atoms with E-state index >= 15 is 0 Å². The summed E-state index contributed by atoms with van der Waals surface area (Å²) >= 11 is 6.35. The van der Waals surface area contributed by atoms with Crippen LogP contribution < -0.4 is 15.1 Å². The van der Waals surface area contributed by atoms with E-state index in [2.05, 4.69) is 10.3 Å². The van der Waals surface area contributed by atoms with Gasteiger partial charge in [-0.1, -0.05) is 17.7 Å². The van der Waals surface area contributed by atoms with Crippen molar-refractivity contribution < 1.29 is 27.6 Å². The summed E-state index contributed by atoms with van der Waals surface area (Å²) in [5, 5.41) is 13.3. The van der Waals surface area contributed by atoms with Gasteiger partial charge < -0.3 is 20.0 Å². The molecule has 2 aliphatic heterocycles. The van der Waals surface area contributed by atoms with Gasteiger partial charge in [-0.05, 0) is 43.2 Å². The third kappa shape index (κ3) is 5.48. The SMILES string of the molecule is N#Cc1cc(-c2ccnc(-c3ccc(Cl)c(C(=O)N4CCCC4)c3)c2)n(OC(=O)C(F)(F)F)c1N1CCNCC1. The van der Waals surface area contributed by atoms with Crippen LogP contribution in [0.2, 0.25) is 5.02 Å². The summed E-state index contributed by atoms with van der Waals surface area (Å²) in [5.41, 5.74) is 1.75. The van der Waals surface area contributed by atoms with E-state index in [0.29, 0.717) is 66.7 Å². The van der Waals surface area contributed by atoms with Crippen LogP contribution in [0.3, 0.4) is 0 Å². The second kappa shape index (κ2) is 11.2. The van der Waals surface area contributed by atoms with Crippen molar-refractivity contribution in [3.8, 4) is 28.6 Å². The molecule has 2 fully saturated rings. The number of pyridine rings is 1. The number of hydrogen-bond acceptors (Lipinski definition) is 7. The normalized spacial score (nSPS) is 15.7. The number of carbonyl (C=O) groups excluding carboxylic acids is 2. The lowest BCUT2D eigenvalue weighted by atomic mass is 10.0. The minimum Gasteiger partial charge on any atom is -0.352 e. The van der Waals surface area contributed by atoms with E-state index in [1.165, 1.54) is 18.3 Å². The van der Waals surface area contributed by atoms with Crippen molar-refractivity contribution >= 4 is 29.3 Å². The number of nitrogens with zero attached hydrogens (tertiary/aromatic N) is 5. The van der Waals surface area contributed by atoms with Crippen LogP contribution in [0.15, 0.2) is 42.6 Å². The molecule has 2 aliphatic rings. The van der Waals surface area contributed by atoms with Crippen LogP contribution in [-0.2, 0) is 4.79 Å². The molecule has 4 heterocycles. The predicted octanol–water partition coefficient (Wildman–Crippen LogP) is 3.91. The molecule has 1 amide bonds. The fourth-order valence-corrected chi connectivity index (χ4v) is 5.05. The van der Waals surface area contributed by atoms with Gasteiger partial charge in [0.05, 0.1) is 27.5 Å². The maximum Gasteiger partial charge on any atom is 0.493 e. The van der Waals surface area contributed by atoms with Crippen LogP contribution in [-0.4, -0.2) is 71.9 Å². The summed E-state index contributed by atoms with van der Waals surface area (Å²) in [7, 11) is 0. The van der Waals surface area contributed by atoms with Gasteiger partial charge in [0.25, 0.3) is 5.91 Å². The summed E-state index contributed by atoms with van der Waals surface area (Å²) in [6, 6.07) is 11.4. The fourth-order valence-electron chi connectivity index (χ4n) is 4.86. The Kier molecular flexibility index (Phi) is 7.69. The average Bonchev–Trinajstić information content (AvgIpc) is 3.62. The van der Waals surface area contributed by atoms with E-state index in [-0.39, 0.29) is 23.0 Å². The van der Waals surface area contributed by atoms with Crippen LogP contribution >= 0.6 is 11.6 Å². The lowest BCUT2D eigenvalue weighted by Crippen LogP contribution is -2.45. The molecule has 40 heavy (non-hydrogen) atoms. The summed E-state index contributed by atoms with van der Waals surface area (Å²) in [5.74, 6) is -2.55. The Morgan fingerprint density at radius 1 is 1.02 bits per heavy atom. The van der Waals surface area contributed by atoms with Crippen LogP contribution in [0.5, 0.6) is 0 Å². The largest absolute Gasteiger partial charge is 0.493 e. The number of rotatable bonds is 5. The van der Waals surface area contributed by atoms with Crippen LogP contribution in [0.25, 0.3) is 22.5 Å². The Morgan fingerprint density at radius 2 is 1.75 bits per heavy atom. The zero-order valence-electron chi connectivity index (χ0n) is 21.2. The number of piperazine rings is 1. The molecule has 13 heteroatoms. The third-order valence-electron chi connectivity index (χ3n) is 6.82. The number of hydrogen-bond donors (Lipinski definition) is 1. The lowest BCUT2D eigenvalue weighted by molar-refractivity contribution is -0.199. The first-order chi connectivity index (χ1) is 19.2. The summed E-state index contributed by atoms with van der Waals surface area (Å²) in [6.07, 6.45) is -1.96. The zero-order chi connectivity index (χ0) is 28.4. The van der Waals surface area contributed by atoms with Crippen molar-refractivity contribution in [3.63, 3.8) is 0 Å². The van der Waals surface area contributed by atoms with Gasteiger partial charge in [-0.3, -0.25) is 9.78 Å². The number of nitriles is 1. The number of halogens is 4. The predicted molar refractivity (Wildman–Crippen MR) is 141 cm³/mol. The van der Waals surface area contributed by atoms with E-state index < -0.39 is 12.1 Å². The molecule has 2 aromatic heterocycles. The smallest absolute Gasteiger partial charge is 0.352 e. The first kappa shape index (κ1) is 27.5. The van der Waals surface area contributed by atoms with Crippen molar-refractivity contribution in [2.75, 3.05) is 44.2 Å². The van der Waals surface area contributed by atoms with E-state index in [4.69, 9.17) is 16.4 Å². The minimum atomic E-state index is -5.25. The number of carbonyl (C=O) groups is 2. The van der Waals surface area contributed by atoms with Crippen LogP contribution in [0.1, 0.15) is 28.8 Å². The number of likely N-dealkylation sites (tertiary alicyclic amines) is 1. The molecule has 208 valence electrons. The highest BCUT2D eigenvalue weighted by Gasteiger charge is 2.43. The standard InChI is InChI=1S/C27H24ClF3N6O3/c28-21-4-3-17(13-20(21)25(38)36-9-1-2-10-36)22-14-18(5-6-34-22)23-15-19(16-32)24(35-11-7-33-8-12-35)37(23)40-26(39)27(29,30)31/h3-6,13-15,33H,1-2,7-12H2. The fraction of sp³-hybridized carbons (Fsp3) is 0.333. The summed E-state index contributed by atoms with van der Waals surface area (Å²) < 4.78 is 40.5. The molecular formula is C27H24ClF3N6O3. The van der Waals surface area contributed by atoms with Crippen molar-refractivity contribution in [2.24, 2.45) is 0 Å². The molecule has 5 rings (SSSR count). The van der Waals surface area contributed by atoms with Crippen molar-refractivity contribution in [1.29, 1.82) is 5.26 Å². The van der Waals surface area contributed by atoms with Gasteiger partial charge in [-0.25, -0.2) is 4.79 Å². The monoisotopic (exact) mass is 572 g/mol. The molecule has 0 atom stereocenters. The Balaban J connectivity index is 1.58. The lowest BCUT2D eigenvalue weighted by Gasteiger charge is -2.30. The second-order valence-electron chi connectivity index (χ2n) is 9.41.